The summed E-state index contributed by atoms with van der Waals surface area (Å²) in [4.78, 5) is 11.1. The van der Waals surface area contributed by atoms with Gasteiger partial charge in [0.1, 0.15) is 6.61 Å². The lowest BCUT2D eigenvalue weighted by Crippen LogP contribution is -2.39. The average molecular weight is 219 g/mol. The molecule has 0 bridgehead atoms. The van der Waals surface area contributed by atoms with Gasteiger partial charge in [0.15, 0.2) is 0 Å². The summed E-state index contributed by atoms with van der Waals surface area (Å²) >= 11 is 0. The Morgan fingerprint density at radius 2 is 1.93 bits per heavy atom. The van der Waals surface area contributed by atoms with Gasteiger partial charge < -0.3 is 20.3 Å². The van der Waals surface area contributed by atoms with Gasteiger partial charge in [0.05, 0.1) is 13.2 Å². The van der Waals surface area contributed by atoms with Crippen LogP contribution in [0.15, 0.2) is 0 Å². The minimum Gasteiger partial charge on any atom is -0.447 e. The fourth-order valence-electron chi connectivity index (χ4n) is 1.23. The Bertz CT molecular complexity index is 172. The van der Waals surface area contributed by atoms with Crippen LogP contribution in [0.3, 0.4) is 0 Å². The molecule has 90 valence electrons. The molecule has 5 nitrogen and oxygen atoms in total. The summed E-state index contributed by atoms with van der Waals surface area (Å²) in [5.41, 5.74) is -0.266. The Kier molecular flexibility index (Phi) is 7.07. The molecule has 0 atom stereocenters. The van der Waals surface area contributed by atoms with Gasteiger partial charge in [-0.15, -0.1) is 0 Å². The van der Waals surface area contributed by atoms with E-state index in [0.29, 0.717) is 6.54 Å². The molecule has 15 heavy (non-hydrogen) atoms. The average Bonchev–Trinajstić information content (AvgIpc) is 2.29. The summed E-state index contributed by atoms with van der Waals surface area (Å²) in [6.45, 7) is 4.19. The molecule has 0 unspecified atom stereocenters. The second-order valence-corrected chi connectivity index (χ2v) is 3.58. The molecule has 0 radical (unpaired) electrons. The topological polar surface area (TPSA) is 78.8 Å². The van der Waals surface area contributed by atoms with E-state index in [1.807, 2.05) is 13.8 Å². The number of carbonyl (C=O) groups is 1. The maximum absolute atomic E-state index is 11.1. The highest BCUT2D eigenvalue weighted by Crippen LogP contribution is 2.24. The number of carbonyl (C=O) groups excluding carboxylic acids is 1. The van der Waals surface area contributed by atoms with E-state index in [-0.39, 0.29) is 25.2 Å². The van der Waals surface area contributed by atoms with E-state index in [1.54, 1.807) is 0 Å². The molecule has 0 saturated heterocycles. The molecule has 0 spiro atoms. The van der Waals surface area contributed by atoms with Gasteiger partial charge in [-0.25, -0.2) is 4.79 Å². The van der Waals surface area contributed by atoms with E-state index in [9.17, 15) is 9.90 Å². The molecule has 0 aromatic carbocycles. The zero-order valence-corrected chi connectivity index (χ0v) is 9.45. The molecule has 0 aliphatic rings. The quantitative estimate of drug-likeness (QED) is 0.582. The summed E-state index contributed by atoms with van der Waals surface area (Å²) in [6.07, 6.45) is 1.03. The third-order valence-corrected chi connectivity index (χ3v) is 2.77. The van der Waals surface area contributed by atoms with E-state index < -0.39 is 6.09 Å². The van der Waals surface area contributed by atoms with E-state index in [4.69, 9.17) is 5.11 Å². The standard InChI is InChI=1S/C10H21NO4/c1-3-10(4-2,8-13)7-11-9(14)15-6-5-12/h12-13H,3-8H2,1-2H3,(H,11,14). The van der Waals surface area contributed by atoms with Crippen LogP contribution < -0.4 is 5.32 Å². The normalized spacial score (nSPS) is 11.2. The van der Waals surface area contributed by atoms with Crippen molar-refractivity contribution in [2.45, 2.75) is 26.7 Å². The van der Waals surface area contributed by atoms with Crippen molar-refractivity contribution in [1.29, 1.82) is 0 Å². The zero-order chi connectivity index (χ0) is 11.7. The first-order chi connectivity index (χ1) is 7.14. The monoisotopic (exact) mass is 219 g/mol. The first-order valence-electron chi connectivity index (χ1n) is 5.26. The SMILES string of the molecule is CCC(CC)(CO)CNC(=O)OCCO. The Morgan fingerprint density at radius 1 is 1.33 bits per heavy atom. The maximum Gasteiger partial charge on any atom is 0.407 e. The van der Waals surface area contributed by atoms with Gasteiger partial charge in [0.25, 0.3) is 0 Å². The molecule has 1 amide bonds. The largest absolute Gasteiger partial charge is 0.447 e. The van der Waals surface area contributed by atoms with E-state index in [2.05, 4.69) is 10.1 Å². The highest BCUT2D eigenvalue weighted by Gasteiger charge is 2.25. The van der Waals surface area contributed by atoms with Crippen LogP contribution in [0.25, 0.3) is 0 Å². The molecule has 0 aliphatic heterocycles. The van der Waals surface area contributed by atoms with Gasteiger partial charge in [-0.2, -0.15) is 0 Å². The Balaban J connectivity index is 3.93. The van der Waals surface area contributed by atoms with Crippen LogP contribution in [0.4, 0.5) is 4.79 Å². The van der Waals surface area contributed by atoms with E-state index >= 15 is 0 Å². The fraction of sp³-hybridized carbons (Fsp3) is 0.900. The van der Waals surface area contributed by atoms with Crippen molar-refractivity contribution in [2.75, 3.05) is 26.4 Å². The lowest BCUT2D eigenvalue weighted by atomic mass is 9.83. The van der Waals surface area contributed by atoms with Gasteiger partial charge in [0, 0.05) is 12.0 Å². The number of aliphatic hydroxyl groups excluding tert-OH is 2. The highest BCUT2D eigenvalue weighted by atomic mass is 16.6. The van der Waals surface area contributed by atoms with Crippen molar-refractivity contribution >= 4 is 6.09 Å². The molecule has 0 aliphatic carbocycles. The smallest absolute Gasteiger partial charge is 0.407 e. The zero-order valence-electron chi connectivity index (χ0n) is 9.45. The fourth-order valence-corrected chi connectivity index (χ4v) is 1.23. The van der Waals surface area contributed by atoms with Crippen LogP contribution in [0.2, 0.25) is 0 Å². The molecule has 0 fully saturated rings. The van der Waals surface area contributed by atoms with Gasteiger partial charge in [-0.05, 0) is 12.8 Å². The van der Waals surface area contributed by atoms with E-state index in [1.165, 1.54) is 0 Å². The molecule has 0 heterocycles. The first kappa shape index (κ1) is 14.2. The summed E-state index contributed by atoms with van der Waals surface area (Å²) in [7, 11) is 0. The molecule has 0 rings (SSSR count). The summed E-state index contributed by atoms with van der Waals surface area (Å²) in [6, 6.07) is 0. The van der Waals surface area contributed by atoms with Crippen molar-refractivity contribution in [1.82, 2.24) is 5.32 Å². The van der Waals surface area contributed by atoms with Crippen LogP contribution >= 0.6 is 0 Å². The molecular weight excluding hydrogens is 198 g/mol. The van der Waals surface area contributed by atoms with Gasteiger partial charge in [-0.1, -0.05) is 13.8 Å². The van der Waals surface area contributed by atoms with Gasteiger partial charge in [0.2, 0.25) is 0 Å². The maximum atomic E-state index is 11.1. The van der Waals surface area contributed by atoms with Crippen LogP contribution in [-0.2, 0) is 4.74 Å². The van der Waals surface area contributed by atoms with Crippen molar-refractivity contribution in [2.24, 2.45) is 5.41 Å². The Hall–Kier alpha value is -0.810. The van der Waals surface area contributed by atoms with Crippen molar-refractivity contribution < 1.29 is 19.7 Å². The predicted octanol–water partition coefficient (Wildman–Crippen LogP) is 0.504. The predicted molar refractivity (Wildman–Crippen MR) is 56.5 cm³/mol. The number of nitrogens with one attached hydrogen (secondary N) is 1. The Morgan fingerprint density at radius 3 is 2.33 bits per heavy atom. The number of alkyl carbamates (subject to hydrolysis) is 1. The summed E-state index contributed by atoms with van der Waals surface area (Å²) < 4.78 is 4.64. The third-order valence-electron chi connectivity index (χ3n) is 2.77. The van der Waals surface area contributed by atoms with Crippen molar-refractivity contribution in [3.63, 3.8) is 0 Å². The number of aliphatic hydroxyl groups is 2. The minimum atomic E-state index is -0.552. The number of rotatable bonds is 7. The lowest BCUT2D eigenvalue weighted by molar-refractivity contribution is 0.0942. The van der Waals surface area contributed by atoms with Crippen molar-refractivity contribution in [3.05, 3.63) is 0 Å². The highest BCUT2D eigenvalue weighted by molar-refractivity contribution is 5.67. The molecule has 0 saturated carbocycles. The third kappa shape index (κ3) is 4.99. The van der Waals surface area contributed by atoms with Gasteiger partial charge >= 0.3 is 6.09 Å². The van der Waals surface area contributed by atoms with Crippen LogP contribution in [0.5, 0.6) is 0 Å². The van der Waals surface area contributed by atoms with Crippen LogP contribution in [-0.4, -0.2) is 42.7 Å². The lowest BCUT2D eigenvalue weighted by Gasteiger charge is -2.29. The Labute approximate surface area is 90.4 Å². The van der Waals surface area contributed by atoms with Crippen LogP contribution in [0.1, 0.15) is 26.7 Å². The second-order valence-electron chi connectivity index (χ2n) is 3.58. The number of hydrogen-bond acceptors (Lipinski definition) is 4. The van der Waals surface area contributed by atoms with Crippen molar-refractivity contribution in [3.8, 4) is 0 Å². The van der Waals surface area contributed by atoms with Crippen LogP contribution in [0, 0.1) is 5.41 Å². The molecule has 0 aromatic rings. The van der Waals surface area contributed by atoms with E-state index in [0.717, 1.165) is 12.8 Å². The second kappa shape index (κ2) is 7.48. The number of amides is 1. The van der Waals surface area contributed by atoms with Gasteiger partial charge in [-0.3, -0.25) is 0 Å². The minimum absolute atomic E-state index is 0.00376. The summed E-state index contributed by atoms with van der Waals surface area (Å²) in [5, 5.41) is 20.2. The number of hydrogen-bond donors (Lipinski definition) is 3. The molecule has 5 heteroatoms. The molecular formula is C10H21NO4. The molecule has 0 aromatic heterocycles. The molecule has 3 N–H and O–H groups in total. The summed E-state index contributed by atoms with van der Waals surface area (Å²) in [5.74, 6) is 0. The first-order valence-corrected chi connectivity index (χ1v) is 5.26. The number of ether oxygens (including phenoxy) is 1.